The van der Waals surface area contributed by atoms with E-state index in [-0.39, 0.29) is 11.9 Å². The number of para-hydroxylation sites is 1. The average molecular weight is 417 g/mol. The SMILES string of the molecule is Cc1cccc(NC(=O)N2CCN(C(=O)Cc3c(C)nc4ccccc4c3C)CC2)c1. The Morgan fingerprint density at radius 2 is 1.65 bits per heavy atom. The predicted molar refractivity (Wildman–Crippen MR) is 123 cm³/mol. The van der Waals surface area contributed by atoms with Crippen LogP contribution >= 0.6 is 0 Å². The Balaban J connectivity index is 1.37. The van der Waals surface area contributed by atoms with Gasteiger partial charge in [-0.2, -0.15) is 0 Å². The summed E-state index contributed by atoms with van der Waals surface area (Å²) < 4.78 is 0. The molecule has 1 aliphatic rings. The van der Waals surface area contributed by atoms with Crippen LogP contribution in [0, 0.1) is 20.8 Å². The number of carbonyl (C=O) groups is 2. The summed E-state index contributed by atoms with van der Waals surface area (Å²) in [6.07, 6.45) is 0.338. The lowest BCUT2D eigenvalue weighted by Crippen LogP contribution is -2.52. The molecule has 0 spiro atoms. The highest BCUT2D eigenvalue weighted by Gasteiger charge is 2.25. The van der Waals surface area contributed by atoms with Gasteiger partial charge in [-0.15, -0.1) is 0 Å². The van der Waals surface area contributed by atoms with Crippen molar-refractivity contribution in [2.45, 2.75) is 27.2 Å². The van der Waals surface area contributed by atoms with E-state index >= 15 is 0 Å². The predicted octanol–water partition coefficient (Wildman–Crippen LogP) is 4.08. The highest BCUT2D eigenvalue weighted by atomic mass is 16.2. The second-order valence-corrected chi connectivity index (χ2v) is 8.16. The Bertz CT molecular complexity index is 1130. The van der Waals surface area contributed by atoms with Crippen molar-refractivity contribution in [2.24, 2.45) is 0 Å². The van der Waals surface area contributed by atoms with Crippen LogP contribution < -0.4 is 5.32 Å². The number of nitrogens with one attached hydrogen (secondary N) is 1. The molecule has 6 nitrogen and oxygen atoms in total. The summed E-state index contributed by atoms with van der Waals surface area (Å²) in [5.41, 5.74) is 5.87. The van der Waals surface area contributed by atoms with Crippen LogP contribution in [0.3, 0.4) is 0 Å². The Kier molecular flexibility index (Phi) is 5.89. The van der Waals surface area contributed by atoms with E-state index in [1.54, 1.807) is 4.90 Å². The van der Waals surface area contributed by atoms with Gasteiger partial charge >= 0.3 is 6.03 Å². The van der Waals surface area contributed by atoms with Gasteiger partial charge in [-0.25, -0.2) is 4.79 Å². The molecule has 2 aromatic carbocycles. The molecule has 0 aliphatic carbocycles. The highest BCUT2D eigenvalue weighted by molar-refractivity contribution is 5.90. The van der Waals surface area contributed by atoms with Gasteiger partial charge in [-0.3, -0.25) is 9.78 Å². The maximum atomic E-state index is 13.0. The minimum atomic E-state index is -0.122. The first-order chi connectivity index (χ1) is 14.9. The largest absolute Gasteiger partial charge is 0.339 e. The van der Waals surface area contributed by atoms with Crippen molar-refractivity contribution < 1.29 is 9.59 Å². The quantitative estimate of drug-likeness (QED) is 0.700. The van der Waals surface area contributed by atoms with Crippen LogP contribution in [0.5, 0.6) is 0 Å². The maximum absolute atomic E-state index is 13.0. The van der Waals surface area contributed by atoms with Crippen molar-refractivity contribution >= 4 is 28.5 Å². The Morgan fingerprint density at radius 3 is 2.39 bits per heavy atom. The number of hydrogen-bond acceptors (Lipinski definition) is 3. The molecule has 0 bridgehead atoms. The normalized spacial score (nSPS) is 14.0. The molecule has 0 saturated carbocycles. The minimum absolute atomic E-state index is 0.0852. The zero-order chi connectivity index (χ0) is 22.0. The molecule has 3 amide bonds. The van der Waals surface area contributed by atoms with Gasteiger partial charge in [-0.1, -0.05) is 30.3 Å². The van der Waals surface area contributed by atoms with Crippen molar-refractivity contribution in [1.29, 1.82) is 0 Å². The first-order valence-electron chi connectivity index (χ1n) is 10.7. The van der Waals surface area contributed by atoms with Crippen molar-refractivity contribution in [3.05, 3.63) is 70.9 Å². The zero-order valence-electron chi connectivity index (χ0n) is 18.3. The summed E-state index contributed by atoms with van der Waals surface area (Å²) in [7, 11) is 0. The van der Waals surface area contributed by atoms with Crippen LogP contribution in [0.2, 0.25) is 0 Å². The van der Waals surface area contributed by atoms with E-state index in [0.29, 0.717) is 32.6 Å². The number of pyridine rings is 1. The van der Waals surface area contributed by atoms with E-state index in [1.165, 1.54) is 0 Å². The number of rotatable bonds is 3. The second-order valence-electron chi connectivity index (χ2n) is 8.16. The number of nitrogens with zero attached hydrogens (tertiary/aromatic N) is 3. The molecule has 1 N–H and O–H groups in total. The van der Waals surface area contributed by atoms with Gasteiger partial charge in [0.15, 0.2) is 0 Å². The monoisotopic (exact) mass is 416 g/mol. The number of hydrogen-bond donors (Lipinski definition) is 1. The number of benzene rings is 2. The lowest BCUT2D eigenvalue weighted by Gasteiger charge is -2.35. The van der Waals surface area contributed by atoms with E-state index in [4.69, 9.17) is 0 Å². The van der Waals surface area contributed by atoms with Crippen molar-refractivity contribution in [1.82, 2.24) is 14.8 Å². The van der Waals surface area contributed by atoms with Crippen LogP contribution in [0.15, 0.2) is 48.5 Å². The number of anilines is 1. The minimum Gasteiger partial charge on any atom is -0.339 e. The van der Waals surface area contributed by atoms with Crippen LogP contribution in [-0.4, -0.2) is 52.9 Å². The second kappa shape index (κ2) is 8.76. The average Bonchev–Trinajstić information content (AvgIpc) is 2.76. The van der Waals surface area contributed by atoms with Crippen LogP contribution in [0.25, 0.3) is 10.9 Å². The molecule has 1 aliphatic heterocycles. The summed E-state index contributed by atoms with van der Waals surface area (Å²) >= 11 is 0. The standard InChI is InChI=1S/C25H28N4O2/c1-17-7-6-8-20(15-17)27-25(31)29-13-11-28(12-14-29)24(30)16-22-18(2)21-9-4-5-10-23(21)26-19(22)3/h4-10,15H,11-14,16H2,1-3H3,(H,27,31). The molecule has 6 heteroatoms. The number of carbonyl (C=O) groups excluding carboxylic acids is 2. The van der Waals surface area contributed by atoms with E-state index < -0.39 is 0 Å². The summed E-state index contributed by atoms with van der Waals surface area (Å²) in [4.78, 5) is 33.9. The zero-order valence-corrected chi connectivity index (χ0v) is 18.3. The van der Waals surface area contributed by atoms with Gasteiger partial charge in [0.1, 0.15) is 0 Å². The Hall–Kier alpha value is -3.41. The summed E-state index contributed by atoms with van der Waals surface area (Å²) in [5.74, 6) is 0.0852. The molecule has 0 unspecified atom stereocenters. The van der Waals surface area contributed by atoms with Crippen molar-refractivity contribution in [3.8, 4) is 0 Å². The maximum Gasteiger partial charge on any atom is 0.321 e. The number of amides is 3. The lowest BCUT2D eigenvalue weighted by molar-refractivity contribution is -0.131. The molecule has 2 heterocycles. The molecule has 31 heavy (non-hydrogen) atoms. The Labute approximate surface area is 182 Å². The summed E-state index contributed by atoms with van der Waals surface area (Å²) in [6.45, 7) is 8.16. The molecule has 1 aromatic heterocycles. The lowest BCUT2D eigenvalue weighted by atomic mass is 9.99. The van der Waals surface area contributed by atoms with Gasteiger partial charge < -0.3 is 15.1 Å². The fraction of sp³-hybridized carbons (Fsp3) is 0.320. The molecule has 3 aromatic rings. The number of urea groups is 1. The molecule has 1 saturated heterocycles. The summed E-state index contributed by atoms with van der Waals surface area (Å²) in [5, 5.41) is 4.03. The molecule has 0 atom stereocenters. The highest BCUT2D eigenvalue weighted by Crippen LogP contribution is 2.23. The topological polar surface area (TPSA) is 65.5 Å². The van der Waals surface area contributed by atoms with E-state index in [0.717, 1.165) is 39.0 Å². The molecule has 0 radical (unpaired) electrons. The third-order valence-corrected chi connectivity index (χ3v) is 6.00. The van der Waals surface area contributed by atoms with Crippen LogP contribution in [0.1, 0.15) is 22.4 Å². The van der Waals surface area contributed by atoms with Crippen LogP contribution in [-0.2, 0) is 11.2 Å². The van der Waals surface area contributed by atoms with E-state index in [9.17, 15) is 9.59 Å². The summed E-state index contributed by atoms with van der Waals surface area (Å²) in [6, 6.07) is 15.7. The van der Waals surface area contributed by atoms with Gasteiger partial charge in [-0.05, 0) is 55.7 Å². The molecule has 1 fully saturated rings. The van der Waals surface area contributed by atoms with Crippen molar-refractivity contribution in [2.75, 3.05) is 31.5 Å². The van der Waals surface area contributed by atoms with Gasteiger partial charge in [0.05, 0.1) is 11.9 Å². The molecule has 160 valence electrons. The Morgan fingerprint density at radius 1 is 0.935 bits per heavy atom. The smallest absolute Gasteiger partial charge is 0.321 e. The van der Waals surface area contributed by atoms with Crippen LogP contribution in [0.4, 0.5) is 10.5 Å². The van der Waals surface area contributed by atoms with Gasteiger partial charge in [0, 0.05) is 42.9 Å². The molecular weight excluding hydrogens is 388 g/mol. The van der Waals surface area contributed by atoms with E-state index in [1.807, 2.05) is 61.2 Å². The molecule has 4 rings (SSSR count). The first kappa shape index (κ1) is 20.8. The first-order valence-corrected chi connectivity index (χ1v) is 10.7. The third kappa shape index (κ3) is 4.53. The number of aromatic nitrogens is 1. The number of piperazine rings is 1. The molecular formula is C25H28N4O2. The third-order valence-electron chi connectivity index (χ3n) is 6.00. The van der Waals surface area contributed by atoms with Crippen molar-refractivity contribution in [3.63, 3.8) is 0 Å². The fourth-order valence-corrected chi connectivity index (χ4v) is 4.18. The fourth-order valence-electron chi connectivity index (χ4n) is 4.18. The number of aryl methyl sites for hydroxylation is 3. The number of fused-ring (bicyclic) bond motifs is 1. The van der Waals surface area contributed by atoms with Gasteiger partial charge in [0.25, 0.3) is 0 Å². The van der Waals surface area contributed by atoms with E-state index in [2.05, 4.69) is 23.3 Å². The van der Waals surface area contributed by atoms with Gasteiger partial charge in [0.2, 0.25) is 5.91 Å².